The number of aromatic nitrogens is 2. The molecule has 1 aromatic rings. The van der Waals surface area contributed by atoms with Crippen LogP contribution in [0.25, 0.3) is 0 Å². The van der Waals surface area contributed by atoms with Crippen LogP contribution < -0.4 is 5.14 Å². The van der Waals surface area contributed by atoms with E-state index in [0.29, 0.717) is 12.3 Å². The summed E-state index contributed by atoms with van der Waals surface area (Å²) in [5, 5.41) is 12.3. The molecule has 1 saturated heterocycles. The zero-order chi connectivity index (χ0) is 13.9. The molecule has 1 aliphatic heterocycles. The summed E-state index contributed by atoms with van der Waals surface area (Å²) in [6.45, 7) is 4.78. The maximum atomic E-state index is 10.9. The van der Waals surface area contributed by atoms with Gasteiger partial charge in [0.2, 0.25) is 10.0 Å². The second-order valence-corrected chi connectivity index (χ2v) is 7.07. The monoisotopic (exact) mass is 286 g/mol. The van der Waals surface area contributed by atoms with Gasteiger partial charge in [0.15, 0.2) is 0 Å². The first-order chi connectivity index (χ1) is 8.94. The Morgan fingerprint density at radius 2 is 2.37 bits per heavy atom. The Morgan fingerprint density at radius 3 is 3.00 bits per heavy atom. The molecule has 19 heavy (non-hydrogen) atoms. The molecule has 0 spiro atoms. The van der Waals surface area contributed by atoms with E-state index in [1.165, 1.54) is 0 Å². The molecule has 0 aliphatic carbocycles. The molecule has 0 saturated carbocycles. The van der Waals surface area contributed by atoms with Crippen molar-refractivity contribution in [2.75, 3.05) is 25.4 Å². The van der Waals surface area contributed by atoms with Crippen LogP contribution >= 0.6 is 0 Å². The fourth-order valence-corrected chi connectivity index (χ4v) is 3.17. The molecular weight excluding hydrogens is 264 g/mol. The number of hydrogen-bond donors (Lipinski definition) is 2. The Balaban J connectivity index is 1.84. The number of nitrogens with two attached hydrogens (primary N) is 1. The van der Waals surface area contributed by atoms with Crippen molar-refractivity contribution in [3.05, 3.63) is 17.5 Å². The number of H-pyrrole nitrogens is 1. The zero-order valence-corrected chi connectivity index (χ0v) is 12.1. The largest absolute Gasteiger partial charge is 0.303 e. The highest BCUT2D eigenvalue weighted by Gasteiger charge is 2.22. The lowest BCUT2D eigenvalue weighted by molar-refractivity contribution is 0.207. The van der Waals surface area contributed by atoms with E-state index in [4.69, 9.17) is 5.14 Å². The Labute approximate surface area is 114 Å². The second-order valence-electron chi connectivity index (χ2n) is 5.34. The topological polar surface area (TPSA) is 92.1 Å². The van der Waals surface area contributed by atoms with Gasteiger partial charge in [-0.3, -0.25) is 5.10 Å². The van der Waals surface area contributed by atoms with E-state index in [0.717, 1.165) is 43.9 Å². The van der Waals surface area contributed by atoms with Gasteiger partial charge in [-0.05, 0) is 45.3 Å². The lowest BCUT2D eigenvalue weighted by Crippen LogP contribution is -2.36. The van der Waals surface area contributed by atoms with Gasteiger partial charge in [0, 0.05) is 18.2 Å². The minimum Gasteiger partial charge on any atom is -0.303 e. The predicted octanol–water partition coefficient (Wildman–Crippen LogP) is 0.576. The molecule has 108 valence electrons. The summed E-state index contributed by atoms with van der Waals surface area (Å²) in [5.74, 6) is 0.517. The highest BCUT2D eigenvalue weighted by Crippen LogP contribution is 2.25. The molecule has 1 aliphatic rings. The average molecular weight is 286 g/mol. The summed E-state index contributed by atoms with van der Waals surface area (Å²) in [6, 6.07) is 2.10. The van der Waals surface area contributed by atoms with Crippen LogP contribution in [0.5, 0.6) is 0 Å². The van der Waals surface area contributed by atoms with E-state index >= 15 is 0 Å². The fourth-order valence-electron chi connectivity index (χ4n) is 2.64. The minimum atomic E-state index is -3.33. The molecule has 0 radical (unpaired) electrons. The lowest BCUT2D eigenvalue weighted by Gasteiger charge is -2.31. The van der Waals surface area contributed by atoms with Gasteiger partial charge >= 0.3 is 0 Å². The maximum Gasteiger partial charge on any atom is 0.209 e. The molecule has 0 aromatic carbocycles. The quantitative estimate of drug-likeness (QED) is 0.828. The fraction of sp³-hybridized carbons (Fsp3) is 0.750. The highest BCUT2D eigenvalue weighted by atomic mass is 32.2. The summed E-state index contributed by atoms with van der Waals surface area (Å²) < 4.78 is 21.8. The van der Waals surface area contributed by atoms with Crippen LogP contribution in [0.1, 0.15) is 36.6 Å². The van der Waals surface area contributed by atoms with Crippen LogP contribution in [0.4, 0.5) is 0 Å². The van der Waals surface area contributed by atoms with E-state index in [9.17, 15) is 8.42 Å². The van der Waals surface area contributed by atoms with Crippen molar-refractivity contribution < 1.29 is 8.42 Å². The number of hydrogen-bond acceptors (Lipinski definition) is 4. The number of rotatable bonds is 5. The molecule has 0 amide bonds. The summed E-state index contributed by atoms with van der Waals surface area (Å²) in [4.78, 5) is 2.31. The van der Waals surface area contributed by atoms with E-state index in [2.05, 4.69) is 21.2 Å². The van der Waals surface area contributed by atoms with Gasteiger partial charge in [0.25, 0.3) is 0 Å². The van der Waals surface area contributed by atoms with Gasteiger partial charge in [-0.25, -0.2) is 13.6 Å². The third-order valence-electron chi connectivity index (χ3n) is 3.55. The van der Waals surface area contributed by atoms with Crippen molar-refractivity contribution in [3.63, 3.8) is 0 Å². The van der Waals surface area contributed by atoms with Crippen LogP contribution in [0.15, 0.2) is 6.07 Å². The van der Waals surface area contributed by atoms with Crippen LogP contribution in [0.3, 0.4) is 0 Å². The molecule has 1 unspecified atom stereocenters. The number of aryl methyl sites for hydroxylation is 1. The van der Waals surface area contributed by atoms with Crippen molar-refractivity contribution in [2.45, 2.75) is 32.1 Å². The van der Waals surface area contributed by atoms with E-state index < -0.39 is 10.0 Å². The third kappa shape index (κ3) is 4.59. The standard InChI is InChI=1S/C12H22N4O2S/c1-10-8-12(15-14-10)11-4-2-5-16(9-11)6-3-7-19(13,17)18/h8,11H,2-7,9H2,1H3,(H,14,15)(H2,13,17,18). The SMILES string of the molecule is Cc1cc(C2CCCN(CCCS(N)(=O)=O)C2)n[nH]1. The molecular formula is C12H22N4O2S. The third-order valence-corrected chi connectivity index (χ3v) is 4.41. The number of piperidine rings is 1. The van der Waals surface area contributed by atoms with Gasteiger partial charge in [0.05, 0.1) is 11.4 Å². The predicted molar refractivity (Wildman–Crippen MR) is 74.3 cm³/mol. The maximum absolute atomic E-state index is 10.9. The van der Waals surface area contributed by atoms with E-state index in [-0.39, 0.29) is 5.75 Å². The van der Waals surface area contributed by atoms with Crippen LogP contribution in [0.2, 0.25) is 0 Å². The van der Waals surface area contributed by atoms with Crippen molar-refractivity contribution in [2.24, 2.45) is 5.14 Å². The smallest absolute Gasteiger partial charge is 0.209 e. The molecule has 2 rings (SSSR count). The highest BCUT2D eigenvalue weighted by molar-refractivity contribution is 7.89. The van der Waals surface area contributed by atoms with Gasteiger partial charge < -0.3 is 4.90 Å². The van der Waals surface area contributed by atoms with E-state index in [1.54, 1.807) is 0 Å². The Kier molecular flexibility index (Phi) is 4.59. The number of nitrogens with zero attached hydrogens (tertiary/aromatic N) is 2. The molecule has 2 heterocycles. The van der Waals surface area contributed by atoms with Gasteiger partial charge in [-0.2, -0.15) is 5.10 Å². The number of primary sulfonamides is 1. The van der Waals surface area contributed by atoms with Crippen LogP contribution in [-0.2, 0) is 10.0 Å². The molecule has 6 nitrogen and oxygen atoms in total. The normalized spacial score (nSPS) is 21.7. The van der Waals surface area contributed by atoms with Gasteiger partial charge in [-0.1, -0.05) is 0 Å². The minimum absolute atomic E-state index is 0.0652. The Hall–Kier alpha value is -0.920. The van der Waals surface area contributed by atoms with Crippen molar-refractivity contribution >= 4 is 10.0 Å². The Morgan fingerprint density at radius 1 is 1.58 bits per heavy atom. The summed E-state index contributed by atoms with van der Waals surface area (Å²) >= 11 is 0. The van der Waals surface area contributed by atoms with Crippen molar-refractivity contribution in [3.8, 4) is 0 Å². The number of likely N-dealkylation sites (tertiary alicyclic amines) is 1. The summed E-state index contributed by atoms with van der Waals surface area (Å²) in [5.41, 5.74) is 2.20. The number of nitrogens with one attached hydrogen (secondary N) is 1. The number of sulfonamides is 1. The van der Waals surface area contributed by atoms with Crippen molar-refractivity contribution in [1.29, 1.82) is 0 Å². The average Bonchev–Trinajstić information content (AvgIpc) is 2.75. The molecule has 1 fully saturated rings. The number of aromatic amines is 1. The van der Waals surface area contributed by atoms with Crippen LogP contribution in [-0.4, -0.2) is 48.9 Å². The molecule has 1 aromatic heterocycles. The van der Waals surface area contributed by atoms with Gasteiger partial charge in [-0.15, -0.1) is 0 Å². The zero-order valence-electron chi connectivity index (χ0n) is 11.3. The van der Waals surface area contributed by atoms with E-state index in [1.807, 2.05) is 6.92 Å². The first-order valence-corrected chi connectivity index (χ1v) is 8.40. The first kappa shape index (κ1) is 14.5. The first-order valence-electron chi connectivity index (χ1n) is 6.69. The molecule has 1 atom stereocenters. The second kappa shape index (κ2) is 6.02. The molecule has 7 heteroatoms. The summed E-state index contributed by atoms with van der Waals surface area (Å²) in [6.07, 6.45) is 2.88. The van der Waals surface area contributed by atoms with Crippen LogP contribution in [0, 0.1) is 6.92 Å². The summed E-state index contributed by atoms with van der Waals surface area (Å²) in [7, 11) is -3.33. The molecule has 0 bridgehead atoms. The molecule has 3 N–H and O–H groups in total. The van der Waals surface area contributed by atoms with Gasteiger partial charge in [0.1, 0.15) is 0 Å². The van der Waals surface area contributed by atoms with Crippen molar-refractivity contribution in [1.82, 2.24) is 15.1 Å². The lowest BCUT2D eigenvalue weighted by atomic mass is 9.94. The Bertz CT molecular complexity index is 512.